The fraction of sp³-hybridized carbons (Fsp3) is 0.571. The molecule has 0 saturated heterocycles. The molecule has 11 nitrogen and oxygen atoms in total. The Hall–Kier alpha value is -2.66. The van der Waals surface area contributed by atoms with Gasteiger partial charge in [-0.05, 0) is 13.3 Å². The summed E-state index contributed by atoms with van der Waals surface area (Å²) in [6.07, 6.45) is -0.189. The van der Waals surface area contributed by atoms with Crippen LogP contribution in [0.2, 0.25) is 0 Å². The Labute approximate surface area is 142 Å². The number of carbonyl (C=O) groups is 1. The van der Waals surface area contributed by atoms with Crippen LogP contribution in [0.4, 0.5) is 10.7 Å². The molecule has 2 heterocycles. The van der Waals surface area contributed by atoms with Gasteiger partial charge in [-0.15, -0.1) is 0 Å². The maximum Gasteiger partial charge on any atom is 0.512 e. The summed E-state index contributed by atoms with van der Waals surface area (Å²) < 4.78 is 16.8. The van der Waals surface area contributed by atoms with Crippen LogP contribution in [0.1, 0.15) is 33.1 Å². The summed E-state index contributed by atoms with van der Waals surface area (Å²) in [5, 5.41) is 9.18. The van der Waals surface area contributed by atoms with Gasteiger partial charge in [0.25, 0.3) is 12.0 Å². The number of anilines is 1. The first-order valence-electron chi connectivity index (χ1n) is 7.78. The number of aromatic nitrogens is 4. The highest BCUT2D eigenvalue weighted by Crippen LogP contribution is 2.19. The van der Waals surface area contributed by atoms with E-state index in [1.165, 1.54) is 10.9 Å². The summed E-state index contributed by atoms with van der Waals surface area (Å²) in [4.78, 5) is 33.9. The predicted molar refractivity (Wildman–Crippen MR) is 86.6 cm³/mol. The fourth-order valence-electron chi connectivity index (χ4n) is 1.91. The fourth-order valence-corrected chi connectivity index (χ4v) is 1.91. The lowest BCUT2D eigenvalue weighted by atomic mass is 10.4. The van der Waals surface area contributed by atoms with Crippen LogP contribution in [0.15, 0.2) is 11.1 Å². The predicted octanol–water partition coefficient (Wildman–Crippen LogP) is 0.509. The summed E-state index contributed by atoms with van der Waals surface area (Å²) in [5.41, 5.74) is 5.07. The first kappa shape index (κ1) is 18.7. The lowest BCUT2D eigenvalue weighted by Crippen LogP contribution is -2.26. The van der Waals surface area contributed by atoms with Gasteiger partial charge in [-0.25, -0.2) is 9.78 Å². The van der Waals surface area contributed by atoms with Crippen molar-refractivity contribution >= 4 is 23.3 Å². The molecule has 2 unspecified atom stereocenters. The number of aliphatic hydroxyl groups excluding tert-OH is 1. The SMILES string of the molecule is CCCCOC(=O)OC(OC(C)CO)n1cnc2c(=O)[nH]c(N)nc21. The van der Waals surface area contributed by atoms with E-state index in [-0.39, 0.29) is 30.3 Å². The van der Waals surface area contributed by atoms with E-state index < -0.39 is 24.2 Å². The molecule has 0 radical (unpaired) electrons. The Balaban J connectivity index is 2.29. The molecular weight excluding hydrogens is 334 g/mol. The first-order valence-corrected chi connectivity index (χ1v) is 7.78. The third-order valence-electron chi connectivity index (χ3n) is 3.20. The molecule has 25 heavy (non-hydrogen) atoms. The molecule has 0 aliphatic rings. The molecule has 4 N–H and O–H groups in total. The van der Waals surface area contributed by atoms with Crippen LogP contribution in [-0.4, -0.2) is 50.1 Å². The van der Waals surface area contributed by atoms with Gasteiger partial charge in [0.15, 0.2) is 11.2 Å². The van der Waals surface area contributed by atoms with Crippen LogP contribution in [-0.2, 0) is 14.2 Å². The summed E-state index contributed by atoms with van der Waals surface area (Å²) >= 11 is 0. The normalized spacial score (nSPS) is 13.6. The number of hydrogen-bond donors (Lipinski definition) is 3. The summed E-state index contributed by atoms with van der Waals surface area (Å²) in [6.45, 7) is 3.42. The molecule has 2 rings (SSSR count). The molecule has 0 saturated carbocycles. The number of ether oxygens (including phenoxy) is 3. The quantitative estimate of drug-likeness (QED) is 0.349. The van der Waals surface area contributed by atoms with Gasteiger partial charge < -0.3 is 25.1 Å². The van der Waals surface area contributed by atoms with Crippen molar-refractivity contribution in [1.82, 2.24) is 19.5 Å². The van der Waals surface area contributed by atoms with Gasteiger partial charge in [-0.2, -0.15) is 4.98 Å². The summed E-state index contributed by atoms with van der Waals surface area (Å²) in [7, 11) is 0. The van der Waals surface area contributed by atoms with E-state index in [4.69, 9.17) is 19.9 Å². The molecule has 2 aromatic rings. The number of nitrogens with one attached hydrogen (secondary N) is 1. The van der Waals surface area contributed by atoms with Crippen molar-refractivity contribution in [2.75, 3.05) is 18.9 Å². The molecule has 0 aliphatic heterocycles. The lowest BCUT2D eigenvalue weighted by molar-refractivity contribution is -0.196. The number of rotatable bonds is 8. The minimum absolute atomic E-state index is 0.00222. The maximum absolute atomic E-state index is 11.8. The van der Waals surface area contributed by atoms with E-state index in [1.807, 2.05) is 6.92 Å². The molecule has 11 heteroatoms. The Morgan fingerprint density at radius 1 is 1.52 bits per heavy atom. The van der Waals surface area contributed by atoms with Crippen molar-refractivity contribution in [3.63, 3.8) is 0 Å². The minimum atomic E-state index is -1.34. The third kappa shape index (κ3) is 4.67. The van der Waals surface area contributed by atoms with Crippen molar-refractivity contribution < 1.29 is 24.1 Å². The molecule has 0 bridgehead atoms. The van der Waals surface area contributed by atoms with Gasteiger partial charge in [-0.3, -0.25) is 14.3 Å². The van der Waals surface area contributed by atoms with Gasteiger partial charge in [0.1, 0.15) is 6.33 Å². The maximum atomic E-state index is 11.8. The Bertz CT molecular complexity index is 773. The van der Waals surface area contributed by atoms with Crippen LogP contribution < -0.4 is 11.3 Å². The number of imidazole rings is 1. The highest BCUT2D eigenvalue weighted by atomic mass is 16.8. The molecule has 0 amide bonds. The third-order valence-corrected chi connectivity index (χ3v) is 3.20. The number of nitrogen functional groups attached to an aromatic ring is 1. The van der Waals surface area contributed by atoms with Crippen molar-refractivity contribution in [1.29, 1.82) is 0 Å². The van der Waals surface area contributed by atoms with Gasteiger partial charge >= 0.3 is 6.16 Å². The zero-order valence-electron chi connectivity index (χ0n) is 14.0. The second-order valence-electron chi connectivity index (χ2n) is 5.28. The zero-order valence-corrected chi connectivity index (χ0v) is 14.0. The topological polar surface area (TPSA) is 155 Å². The number of nitrogens with zero attached hydrogens (tertiary/aromatic N) is 3. The number of carbonyl (C=O) groups excluding carboxylic acids is 1. The Morgan fingerprint density at radius 3 is 2.96 bits per heavy atom. The van der Waals surface area contributed by atoms with Crippen LogP contribution in [0.3, 0.4) is 0 Å². The zero-order chi connectivity index (χ0) is 18.4. The molecule has 0 spiro atoms. The first-order chi connectivity index (χ1) is 12.0. The average molecular weight is 355 g/mol. The smallest absolute Gasteiger partial charge is 0.434 e. The number of unbranched alkanes of at least 4 members (excludes halogenated alkanes) is 1. The number of aliphatic hydroxyl groups is 1. The van der Waals surface area contributed by atoms with E-state index in [1.54, 1.807) is 6.92 Å². The van der Waals surface area contributed by atoms with Crippen LogP contribution >= 0.6 is 0 Å². The van der Waals surface area contributed by atoms with E-state index in [2.05, 4.69) is 15.0 Å². The summed E-state index contributed by atoms with van der Waals surface area (Å²) in [5.74, 6) is -0.126. The molecule has 0 aromatic carbocycles. The molecule has 0 fully saturated rings. The van der Waals surface area contributed by atoms with Gasteiger partial charge in [0.05, 0.1) is 19.3 Å². The monoisotopic (exact) mass is 355 g/mol. The molecule has 138 valence electrons. The minimum Gasteiger partial charge on any atom is -0.434 e. The second kappa shape index (κ2) is 8.44. The van der Waals surface area contributed by atoms with Crippen molar-refractivity contribution in [3.05, 3.63) is 16.7 Å². The van der Waals surface area contributed by atoms with E-state index in [0.29, 0.717) is 6.42 Å². The highest BCUT2D eigenvalue weighted by molar-refractivity contribution is 5.70. The molecular formula is C14H21N5O6. The number of fused-ring (bicyclic) bond motifs is 1. The van der Waals surface area contributed by atoms with Gasteiger partial charge in [-0.1, -0.05) is 13.3 Å². The standard InChI is InChI=1S/C14H21N5O6/c1-3-4-5-23-14(22)25-13(24-8(2)6-20)19-7-16-9-10(19)17-12(15)18-11(9)21/h7-8,13,20H,3-6H2,1-2H3,(H3,15,17,18,21). The molecule has 0 aliphatic carbocycles. The molecule has 2 aromatic heterocycles. The van der Waals surface area contributed by atoms with Gasteiger partial charge in [0, 0.05) is 0 Å². The Morgan fingerprint density at radius 2 is 2.28 bits per heavy atom. The summed E-state index contributed by atoms with van der Waals surface area (Å²) in [6, 6.07) is 0. The van der Waals surface area contributed by atoms with Crippen molar-refractivity contribution in [2.24, 2.45) is 0 Å². The van der Waals surface area contributed by atoms with Gasteiger partial charge in [0.2, 0.25) is 5.95 Å². The number of aromatic amines is 1. The van der Waals surface area contributed by atoms with Crippen molar-refractivity contribution in [3.8, 4) is 0 Å². The largest absolute Gasteiger partial charge is 0.512 e. The van der Waals surface area contributed by atoms with E-state index in [9.17, 15) is 14.7 Å². The van der Waals surface area contributed by atoms with E-state index in [0.717, 1.165) is 6.42 Å². The number of hydrogen-bond acceptors (Lipinski definition) is 9. The lowest BCUT2D eigenvalue weighted by Gasteiger charge is -2.22. The van der Waals surface area contributed by atoms with Crippen LogP contribution in [0, 0.1) is 0 Å². The molecule has 2 atom stereocenters. The van der Waals surface area contributed by atoms with E-state index >= 15 is 0 Å². The second-order valence-corrected chi connectivity index (χ2v) is 5.28. The van der Waals surface area contributed by atoms with Crippen LogP contribution in [0.5, 0.6) is 0 Å². The number of H-pyrrole nitrogens is 1. The van der Waals surface area contributed by atoms with Crippen LogP contribution in [0.25, 0.3) is 11.2 Å². The Kier molecular flexibility index (Phi) is 6.31. The van der Waals surface area contributed by atoms with Crippen molar-refractivity contribution in [2.45, 2.75) is 39.2 Å². The highest BCUT2D eigenvalue weighted by Gasteiger charge is 2.24. The average Bonchev–Trinajstić information content (AvgIpc) is 2.98. The number of nitrogens with two attached hydrogens (primary N) is 1.